The molecule has 0 saturated carbocycles. The summed E-state index contributed by atoms with van der Waals surface area (Å²) in [5, 5.41) is 4.00. The Balaban J connectivity index is 1.31. The van der Waals surface area contributed by atoms with Crippen LogP contribution < -0.4 is 10.1 Å². The van der Waals surface area contributed by atoms with Gasteiger partial charge in [0.1, 0.15) is 18.1 Å². The lowest BCUT2D eigenvalue weighted by Gasteiger charge is -2.07. The standard InChI is InChI=1S/C23H20N2O3/c26-23(21-12-11-20(28-21)16-27-19-9-2-1-3-10-19)25-15-13-18-7-4-6-17-8-5-14-24-22(17)18/h1-12,14H,13,15-16H2,(H,25,26). The smallest absolute Gasteiger partial charge is 0.287 e. The number of amides is 1. The molecule has 0 fully saturated rings. The van der Waals surface area contributed by atoms with E-state index in [1.54, 1.807) is 18.3 Å². The van der Waals surface area contributed by atoms with Crippen molar-refractivity contribution in [2.24, 2.45) is 0 Å². The number of para-hydroxylation sites is 2. The summed E-state index contributed by atoms with van der Waals surface area (Å²) in [6.45, 7) is 0.782. The molecule has 4 aromatic rings. The SMILES string of the molecule is O=C(NCCc1cccc2cccnc12)c1ccc(COc2ccccc2)o1. The highest BCUT2D eigenvalue weighted by Gasteiger charge is 2.11. The largest absolute Gasteiger partial charge is 0.486 e. The molecule has 0 atom stereocenters. The van der Waals surface area contributed by atoms with Crippen LogP contribution in [0.5, 0.6) is 5.75 Å². The van der Waals surface area contributed by atoms with Crippen LogP contribution in [0.2, 0.25) is 0 Å². The predicted octanol–water partition coefficient (Wildman–Crippen LogP) is 4.38. The van der Waals surface area contributed by atoms with E-state index < -0.39 is 0 Å². The van der Waals surface area contributed by atoms with Crippen LogP contribution in [0.4, 0.5) is 0 Å². The lowest BCUT2D eigenvalue weighted by atomic mass is 10.1. The average molecular weight is 372 g/mol. The highest BCUT2D eigenvalue weighted by atomic mass is 16.5. The van der Waals surface area contributed by atoms with Crippen LogP contribution in [0.25, 0.3) is 10.9 Å². The minimum atomic E-state index is -0.237. The second-order valence-electron chi connectivity index (χ2n) is 6.37. The van der Waals surface area contributed by atoms with Crippen LogP contribution in [0.3, 0.4) is 0 Å². The van der Waals surface area contributed by atoms with Crippen molar-refractivity contribution >= 4 is 16.8 Å². The number of nitrogens with zero attached hydrogens (tertiary/aromatic N) is 1. The van der Waals surface area contributed by atoms with E-state index in [9.17, 15) is 4.79 Å². The molecule has 2 aromatic carbocycles. The summed E-state index contributed by atoms with van der Waals surface area (Å²) >= 11 is 0. The van der Waals surface area contributed by atoms with Gasteiger partial charge in [-0.15, -0.1) is 0 Å². The number of hydrogen-bond donors (Lipinski definition) is 1. The Bertz CT molecular complexity index is 1070. The van der Waals surface area contributed by atoms with E-state index in [0.29, 0.717) is 18.7 Å². The third-order valence-electron chi connectivity index (χ3n) is 4.41. The zero-order valence-corrected chi connectivity index (χ0v) is 15.3. The van der Waals surface area contributed by atoms with Gasteiger partial charge in [0.25, 0.3) is 5.91 Å². The summed E-state index contributed by atoms with van der Waals surface area (Å²) in [4.78, 5) is 16.8. The van der Waals surface area contributed by atoms with E-state index in [1.807, 2.05) is 60.7 Å². The lowest BCUT2D eigenvalue weighted by Crippen LogP contribution is -2.25. The predicted molar refractivity (Wildman–Crippen MR) is 107 cm³/mol. The van der Waals surface area contributed by atoms with Crippen molar-refractivity contribution in [3.63, 3.8) is 0 Å². The molecule has 1 N–H and O–H groups in total. The van der Waals surface area contributed by atoms with E-state index in [-0.39, 0.29) is 18.3 Å². The number of fused-ring (bicyclic) bond motifs is 1. The number of rotatable bonds is 7. The second kappa shape index (κ2) is 8.39. The van der Waals surface area contributed by atoms with E-state index >= 15 is 0 Å². The van der Waals surface area contributed by atoms with Gasteiger partial charge in [-0.05, 0) is 42.3 Å². The number of benzene rings is 2. The van der Waals surface area contributed by atoms with Crippen molar-refractivity contribution in [3.8, 4) is 5.75 Å². The molecule has 0 aliphatic carbocycles. The molecule has 28 heavy (non-hydrogen) atoms. The number of furan rings is 1. The Morgan fingerprint density at radius 2 is 1.82 bits per heavy atom. The highest BCUT2D eigenvalue weighted by Crippen LogP contribution is 2.16. The molecule has 0 aliphatic rings. The Morgan fingerprint density at radius 1 is 0.964 bits per heavy atom. The second-order valence-corrected chi connectivity index (χ2v) is 6.37. The van der Waals surface area contributed by atoms with Crippen molar-refractivity contribution < 1.29 is 13.9 Å². The Kier molecular flexibility index (Phi) is 5.33. The first-order chi connectivity index (χ1) is 13.8. The Morgan fingerprint density at radius 3 is 2.71 bits per heavy atom. The van der Waals surface area contributed by atoms with E-state index in [4.69, 9.17) is 9.15 Å². The van der Waals surface area contributed by atoms with E-state index in [1.165, 1.54) is 0 Å². The molecular weight excluding hydrogens is 352 g/mol. The summed E-state index contributed by atoms with van der Waals surface area (Å²) in [6, 6.07) is 22.9. The number of aromatic nitrogens is 1. The molecular formula is C23H20N2O3. The number of hydrogen-bond acceptors (Lipinski definition) is 4. The van der Waals surface area contributed by atoms with Crippen molar-refractivity contribution in [2.45, 2.75) is 13.0 Å². The summed E-state index contributed by atoms with van der Waals surface area (Å²) in [7, 11) is 0. The van der Waals surface area contributed by atoms with Gasteiger partial charge in [0.2, 0.25) is 0 Å². The van der Waals surface area contributed by atoms with Crippen molar-refractivity contribution in [1.29, 1.82) is 0 Å². The van der Waals surface area contributed by atoms with Crippen LogP contribution in [0, 0.1) is 0 Å². The molecule has 5 nitrogen and oxygen atoms in total. The third-order valence-corrected chi connectivity index (χ3v) is 4.41. The zero-order chi connectivity index (χ0) is 19.2. The minimum Gasteiger partial charge on any atom is -0.486 e. The van der Waals surface area contributed by atoms with Crippen molar-refractivity contribution in [1.82, 2.24) is 10.3 Å². The van der Waals surface area contributed by atoms with Crippen LogP contribution in [-0.2, 0) is 13.0 Å². The van der Waals surface area contributed by atoms with Gasteiger partial charge in [0, 0.05) is 18.1 Å². The van der Waals surface area contributed by atoms with Gasteiger partial charge in [-0.3, -0.25) is 9.78 Å². The number of carbonyl (C=O) groups excluding carboxylic acids is 1. The lowest BCUT2D eigenvalue weighted by molar-refractivity contribution is 0.0922. The molecule has 0 saturated heterocycles. The summed E-state index contributed by atoms with van der Waals surface area (Å²) < 4.78 is 11.2. The van der Waals surface area contributed by atoms with Crippen LogP contribution in [0.1, 0.15) is 21.9 Å². The number of carbonyl (C=O) groups is 1. The fraction of sp³-hybridized carbons (Fsp3) is 0.130. The third kappa shape index (κ3) is 4.20. The zero-order valence-electron chi connectivity index (χ0n) is 15.3. The molecule has 2 heterocycles. The van der Waals surface area contributed by atoms with Gasteiger partial charge < -0.3 is 14.5 Å². The quantitative estimate of drug-likeness (QED) is 0.523. The van der Waals surface area contributed by atoms with Gasteiger partial charge in [-0.1, -0.05) is 42.5 Å². The Hall–Kier alpha value is -3.60. The molecule has 0 unspecified atom stereocenters. The topological polar surface area (TPSA) is 64.4 Å². The minimum absolute atomic E-state index is 0.237. The fourth-order valence-electron chi connectivity index (χ4n) is 3.02. The van der Waals surface area contributed by atoms with Crippen molar-refractivity contribution in [2.75, 3.05) is 6.54 Å². The highest BCUT2D eigenvalue weighted by molar-refractivity contribution is 5.91. The first-order valence-electron chi connectivity index (χ1n) is 9.17. The number of ether oxygens (including phenoxy) is 1. The maximum atomic E-state index is 12.3. The number of nitrogens with one attached hydrogen (secondary N) is 1. The van der Waals surface area contributed by atoms with Crippen molar-refractivity contribution in [3.05, 3.63) is 96.1 Å². The van der Waals surface area contributed by atoms with Gasteiger partial charge in [-0.2, -0.15) is 0 Å². The van der Waals surface area contributed by atoms with Crippen LogP contribution in [-0.4, -0.2) is 17.4 Å². The molecule has 4 rings (SSSR count). The molecule has 0 bridgehead atoms. The van der Waals surface area contributed by atoms with E-state index in [2.05, 4.69) is 10.3 Å². The maximum Gasteiger partial charge on any atom is 0.287 e. The normalized spacial score (nSPS) is 10.7. The van der Waals surface area contributed by atoms with Crippen LogP contribution in [0.15, 0.2) is 83.4 Å². The molecule has 140 valence electrons. The summed E-state index contributed by atoms with van der Waals surface area (Å²) in [5.41, 5.74) is 2.08. The van der Waals surface area contributed by atoms with Gasteiger partial charge in [-0.25, -0.2) is 0 Å². The molecule has 0 aliphatic heterocycles. The van der Waals surface area contributed by atoms with Gasteiger partial charge in [0.05, 0.1) is 5.52 Å². The molecule has 5 heteroatoms. The first kappa shape index (κ1) is 17.8. The molecule has 0 radical (unpaired) electrons. The van der Waals surface area contributed by atoms with Gasteiger partial charge in [0.15, 0.2) is 5.76 Å². The summed E-state index contributed by atoms with van der Waals surface area (Å²) in [6.07, 6.45) is 2.48. The fourth-order valence-corrected chi connectivity index (χ4v) is 3.02. The van der Waals surface area contributed by atoms with Gasteiger partial charge >= 0.3 is 0 Å². The molecule has 1 amide bonds. The maximum absolute atomic E-state index is 12.3. The number of pyridine rings is 1. The molecule has 2 aromatic heterocycles. The molecule has 0 spiro atoms. The van der Waals surface area contributed by atoms with E-state index in [0.717, 1.165) is 22.2 Å². The first-order valence-corrected chi connectivity index (χ1v) is 9.17. The summed E-state index contributed by atoms with van der Waals surface area (Å²) in [5.74, 6) is 1.41. The average Bonchev–Trinajstić information content (AvgIpc) is 3.22. The van der Waals surface area contributed by atoms with Crippen LogP contribution >= 0.6 is 0 Å². The Labute approximate surface area is 163 Å². The monoisotopic (exact) mass is 372 g/mol.